The minimum atomic E-state index is -4.12. The summed E-state index contributed by atoms with van der Waals surface area (Å²) in [5.74, 6) is -0.849. The zero-order chi connectivity index (χ0) is 28.9. The Morgan fingerprint density at radius 3 is 2.15 bits per heavy atom. The molecule has 1 N–H and O–H groups in total. The van der Waals surface area contributed by atoms with Gasteiger partial charge in [-0.05, 0) is 88.6 Å². The van der Waals surface area contributed by atoms with Crippen molar-refractivity contribution in [1.29, 1.82) is 0 Å². The molecular formula is C30H36ClN3O4S. The third-order valence-electron chi connectivity index (χ3n) is 6.36. The number of benzene rings is 3. The third-order valence-corrected chi connectivity index (χ3v) is 8.37. The molecule has 0 bridgehead atoms. The summed E-state index contributed by atoms with van der Waals surface area (Å²) in [6.07, 6.45) is 0. The minimum absolute atomic E-state index is 0.0776. The average Bonchev–Trinajstić information content (AvgIpc) is 2.86. The largest absolute Gasteiger partial charge is 0.352 e. The van der Waals surface area contributed by atoms with E-state index < -0.39 is 28.5 Å². The fourth-order valence-corrected chi connectivity index (χ4v) is 5.84. The number of rotatable bonds is 10. The average molecular weight is 570 g/mol. The summed E-state index contributed by atoms with van der Waals surface area (Å²) in [7, 11) is -4.12. The van der Waals surface area contributed by atoms with Gasteiger partial charge in [0.15, 0.2) is 0 Å². The maximum atomic E-state index is 14.0. The van der Waals surface area contributed by atoms with E-state index in [1.807, 2.05) is 45.9 Å². The summed E-state index contributed by atoms with van der Waals surface area (Å²) in [5, 5.41) is 3.35. The summed E-state index contributed by atoms with van der Waals surface area (Å²) in [4.78, 5) is 28.5. The van der Waals surface area contributed by atoms with Crippen molar-refractivity contribution >= 4 is 39.1 Å². The molecule has 0 aromatic heterocycles. The molecule has 208 valence electrons. The SMILES string of the molecule is Cc1ccc(S(=O)(=O)N(CC(=O)N(Cc2cccc(Cl)c2)C(C)C(=O)NC(C)C)c2cc(C)ccc2C)cc1. The molecule has 3 aromatic rings. The van der Waals surface area contributed by atoms with Gasteiger partial charge in [0.2, 0.25) is 11.8 Å². The number of nitrogens with zero attached hydrogens (tertiary/aromatic N) is 2. The summed E-state index contributed by atoms with van der Waals surface area (Å²) in [6.45, 7) is 10.5. The monoisotopic (exact) mass is 569 g/mol. The van der Waals surface area contributed by atoms with E-state index in [2.05, 4.69) is 5.32 Å². The van der Waals surface area contributed by atoms with E-state index in [1.165, 1.54) is 17.0 Å². The Morgan fingerprint density at radius 1 is 0.897 bits per heavy atom. The van der Waals surface area contributed by atoms with E-state index in [0.29, 0.717) is 16.3 Å². The second kappa shape index (κ2) is 12.7. The van der Waals surface area contributed by atoms with Gasteiger partial charge in [0.1, 0.15) is 12.6 Å². The highest BCUT2D eigenvalue weighted by Gasteiger charge is 2.33. The molecule has 0 radical (unpaired) electrons. The smallest absolute Gasteiger partial charge is 0.264 e. The molecule has 0 aliphatic rings. The first-order chi connectivity index (χ1) is 18.3. The second-order valence-corrected chi connectivity index (χ2v) is 12.4. The predicted molar refractivity (Wildman–Crippen MR) is 156 cm³/mol. The molecule has 9 heteroatoms. The first-order valence-electron chi connectivity index (χ1n) is 12.8. The van der Waals surface area contributed by atoms with E-state index >= 15 is 0 Å². The Hall–Kier alpha value is -3.36. The van der Waals surface area contributed by atoms with Gasteiger partial charge < -0.3 is 10.2 Å². The number of anilines is 1. The number of aryl methyl sites for hydroxylation is 3. The third kappa shape index (κ3) is 7.61. The molecule has 3 aromatic carbocycles. The highest BCUT2D eigenvalue weighted by Crippen LogP contribution is 2.29. The number of nitrogens with one attached hydrogen (secondary N) is 1. The van der Waals surface area contributed by atoms with Crippen molar-refractivity contribution in [2.24, 2.45) is 0 Å². The summed E-state index contributed by atoms with van der Waals surface area (Å²) < 4.78 is 29.1. The molecular weight excluding hydrogens is 534 g/mol. The first-order valence-corrected chi connectivity index (χ1v) is 14.6. The summed E-state index contributed by atoms with van der Waals surface area (Å²) in [6, 6.07) is 18.0. The Bertz CT molecular complexity index is 1440. The molecule has 3 rings (SSSR count). The first kappa shape index (κ1) is 30.2. The number of carbonyl (C=O) groups excluding carboxylic acids is 2. The van der Waals surface area contributed by atoms with Crippen LogP contribution in [-0.2, 0) is 26.2 Å². The van der Waals surface area contributed by atoms with Gasteiger partial charge in [0.05, 0.1) is 10.6 Å². The molecule has 1 unspecified atom stereocenters. The molecule has 0 aliphatic carbocycles. The van der Waals surface area contributed by atoms with Crippen LogP contribution in [0.25, 0.3) is 0 Å². The lowest BCUT2D eigenvalue weighted by molar-refractivity contribution is -0.139. The van der Waals surface area contributed by atoms with Gasteiger partial charge in [-0.1, -0.05) is 53.6 Å². The quantitative estimate of drug-likeness (QED) is 0.354. The molecule has 7 nitrogen and oxygen atoms in total. The molecule has 1 atom stereocenters. The number of sulfonamides is 1. The van der Waals surface area contributed by atoms with Crippen LogP contribution in [0.1, 0.15) is 43.0 Å². The van der Waals surface area contributed by atoms with Crippen molar-refractivity contribution in [3.8, 4) is 0 Å². The summed E-state index contributed by atoms with van der Waals surface area (Å²) in [5.41, 5.74) is 3.61. The highest BCUT2D eigenvalue weighted by molar-refractivity contribution is 7.92. The van der Waals surface area contributed by atoms with Crippen LogP contribution in [0.5, 0.6) is 0 Å². The van der Waals surface area contributed by atoms with Gasteiger partial charge in [0, 0.05) is 17.6 Å². The Balaban J connectivity index is 2.08. The normalized spacial score (nSPS) is 12.2. The van der Waals surface area contributed by atoms with Crippen molar-refractivity contribution in [2.45, 2.75) is 65.1 Å². The number of halogens is 1. The lowest BCUT2D eigenvalue weighted by atomic mass is 10.1. The van der Waals surface area contributed by atoms with Crippen molar-refractivity contribution in [3.05, 3.63) is 94.0 Å². The van der Waals surface area contributed by atoms with Crippen molar-refractivity contribution in [1.82, 2.24) is 10.2 Å². The van der Waals surface area contributed by atoms with E-state index in [1.54, 1.807) is 50.2 Å². The lowest BCUT2D eigenvalue weighted by Crippen LogP contribution is -2.52. The Morgan fingerprint density at radius 2 is 1.54 bits per heavy atom. The van der Waals surface area contributed by atoms with Crippen LogP contribution >= 0.6 is 11.6 Å². The fourth-order valence-electron chi connectivity index (χ4n) is 4.16. The molecule has 0 spiro atoms. The van der Waals surface area contributed by atoms with Crippen molar-refractivity contribution < 1.29 is 18.0 Å². The van der Waals surface area contributed by atoms with Crippen LogP contribution in [0.15, 0.2) is 71.6 Å². The number of hydrogen-bond donors (Lipinski definition) is 1. The predicted octanol–water partition coefficient (Wildman–Crippen LogP) is 5.40. The van der Waals surface area contributed by atoms with E-state index in [4.69, 9.17) is 11.6 Å². The van der Waals surface area contributed by atoms with Gasteiger partial charge in [-0.25, -0.2) is 8.42 Å². The van der Waals surface area contributed by atoms with E-state index in [-0.39, 0.29) is 23.4 Å². The Labute approximate surface area is 236 Å². The van der Waals surface area contributed by atoms with Gasteiger partial charge in [0.25, 0.3) is 10.0 Å². The van der Waals surface area contributed by atoms with Gasteiger partial charge in [-0.2, -0.15) is 0 Å². The van der Waals surface area contributed by atoms with Crippen LogP contribution in [0, 0.1) is 20.8 Å². The van der Waals surface area contributed by atoms with Crippen LogP contribution in [0.4, 0.5) is 5.69 Å². The Kier molecular flexibility index (Phi) is 9.80. The molecule has 0 heterocycles. The van der Waals surface area contributed by atoms with Crippen LogP contribution in [0.3, 0.4) is 0 Å². The molecule has 0 saturated carbocycles. The minimum Gasteiger partial charge on any atom is -0.352 e. The van der Waals surface area contributed by atoms with Gasteiger partial charge in [-0.15, -0.1) is 0 Å². The van der Waals surface area contributed by atoms with Gasteiger partial charge >= 0.3 is 0 Å². The standard InChI is InChI=1S/C30H36ClN3O4S/c1-20(2)32-30(36)24(6)33(18-25-8-7-9-26(31)17-25)29(35)19-34(28-16-22(4)10-13-23(28)5)39(37,38)27-14-11-21(3)12-15-27/h7-17,20,24H,18-19H2,1-6H3,(H,32,36). The van der Waals surface area contributed by atoms with Crippen molar-refractivity contribution in [2.75, 3.05) is 10.8 Å². The fraction of sp³-hybridized carbons (Fsp3) is 0.333. The molecule has 0 aliphatic heterocycles. The molecule has 39 heavy (non-hydrogen) atoms. The number of amides is 2. The van der Waals surface area contributed by atoms with E-state index in [9.17, 15) is 18.0 Å². The second-order valence-electron chi connectivity index (χ2n) is 10.1. The molecule has 0 fully saturated rings. The zero-order valence-corrected chi connectivity index (χ0v) is 24.8. The number of hydrogen-bond acceptors (Lipinski definition) is 4. The molecule has 0 saturated heterocycles. The van der Waals surface area contributed by atoms with E-state index in [0.717, 1.165) is 21.0 Å². The van der Waals surface area contributed by atoms with Gasteiger partial charge in [-0.3, -0.25) is 13.9 Å². The maximum absolute atomic E-state index is 14.0. The topological polar surface area (TPSA) is 86.8 Å². The van der Waals surface area contributed by atoms with Crippen LogP contribution < -0.4 is 9.62 Å². The molecule has 2 amide bonds. The van der Waals surface area contributed by atoms with Crippen molar-refractivity contribution in [3.63, 3.8) is 0 Å². The maximum Gasteiger partial charge on any atom is 0.264 e. The lowest BCUT2D eigenvalue weighted by Gasteiger charge is -2.33. The highest BCUT2D eigenvalue weighted by atomic mass is 35.5. The summed E-state index contributed by atoms with van der Waals surface area (Å²) >= 11 is 6.18. The van der Waals surface area contributed by atoms with Crippen LogP contribution in [-0.4, -0.2) is 43.8 Å². The number of carbonyl (C=O) groups is 2. The zero-order valence-electron chi connectivity index (χ0n) is 23.2. The van der Waals surface area contributed by atoms with Crippen LogP contribution in [0.2, 0.25) is 5.02 Å².